The number of imidazole rings is 1. The summed E-state index contributed by atoms with van der Waals surface area (Å²) in [5, 5.41) is -0.560. The summed E-state index contributed by atoms with van der Waals surface area (Å²) in [6.07, 6.45) is 1.88. The summed E-state index contributed by atoms with van der Waals surface area (Å²) in [6.45, 7) is 5.39. The lowest BCUT2D eigenvalue weighted by molar-refractivity contribution is 0.553. The molecule has 0 aliphatic heterocycles. The summed E-state index contributed by atoms with van der Waals surface area (Å²) in [6, 6.07) is 12.9. The van der Waals surface area contributed by atoms with Crippen LogP contribution in [0.3, 0.4) is 0 Å². The maximum Gasteiger partial charge on any atom is 0.333 e. The first-order valence-corrected chi connectivity index (χ1v) is 13.7. The van der Waals surface area contributed by atoms with Crippen molar-refractivity contribution in [2.75, 3.05) is 4.72 Å². The topological polar surface area (TPSA) is 119 Å². The van der Waals surface area contributed by atoms with Gasteiger partial charge in [0.1, 0.15) is 17.2 Å². The second-order valence-corrected chi connectivity index (χ2v) is 11.5. The molecule has 11 heteroatoms. The van der Waals surface area contributed by atoms with Crippen LogP contribution in [0.1, 0.15) is 50.6 Å². The van der Waals surface area contributed by atoms with Crippen LogP contribution >= 0.6 is 0 Å². The fraction of sp³-hybridized carbons (Fsp3) is 0.346. The average Bonchev–Trinajstić information content (AvgIpc) is 3.27. The molecule has 0 spiro atoms. The average molecular weight is 528 g/mol. The van der Waals surface area contributed by atoms with E-state index in [1.807, 2.05) is 6.92 Å². The van der Waals surface area contributed by atoms with E-state index in [4.69, 9.17) is 0 Å². The summed E-state index contributed by atoms with van der Waals surface area (Å²) >= 11 is 0. The molecule has 0 unspecified atom stereocenters. The number of anilines is 1. The predicted molar refractivity (Wildman–Crippen MR) is 142 cm³/mol. The van der Waals surface area contributed by atoms with Crippen LogP contribution in [0.2, 0.25) is 0 Å². The fourth-order valence-electron chi connectivity index (χ4n) is 3.92. The van der Waals surface area contributed by atoms with Crippen molar-refractivity contribution in [3.05, 3.63) is 92.1 Å². The molecule has 0 fully saturated rings. The second kappa shape index (κ2) is 10.7. The van der Waals surface area contributed by atoms with Gasteiger partial charge in [-0.15, -0.1) is 0 Å². The van der Waals surface area contributed by atoms with Crippen LogP contribution in [0.5, 0.6) is 0 Å². The largest absolute Gasteiger partial charge is 0.336 e. The van der Waals surface area contributed by atoms with E-state index in [9.17, 15) is 22.4 Å². The van der Waals surface area contributed by atoms with Crippen LogP contribution in [0.25, 0.3) is 11.2 Å². The molecule has 0 aliphatic carbocycles. The number of aryl methyl sites for hydroxylation is 1. The Balaban J connectivity index is 1.69. The summed E-state index contributed by atoms with van der Waals surface area (Å²) < 4.78 is 43.5. The number of H-pyrrole nitrogens is 1. The van der Waals surface area contributed by atoms with Gasteiger partial charge in [-0.05, 0) is 44.0 Å². The van der Waals surface area contributed by atoms with Gasteiger partial charge in [0.2, 0.25) is 10.0 Å². The zero-order chi connectivity index (χ0) is 26.7. The number of aromatic amines is 1. The van der Waals surface area contributed by atoms with Crippen molar-refractivity contribution in [2.24, 2.45) is 0 Å². The third kappa shape index (κ3) is 5.66. The lowest BCUT2D eigenvalue weighted by atomic mass is 10.1. The SMILES string of the molecule is CCCCn1c(=O)n(Cc2ccccc2F)c(=O)c2[nH]c(Cc3ccc(NS(=O)(=O)C(C)C)cc3)nc21. The Morgan fingerprint density at radius 2 is 1.76 bits per heavy atom. The van der Waals surface area contributed by atoms with Gasteiger partial charge in [-0.3, -0.25) is 18.7 Å². The molecule has 2 aromatic heterocycles. The van der Waals surface area contributed by atoms with Crippen LogP contribution < -0.4 is 16.0 Å². The van der Waals surface area contributed by atoms with E-state index in [0.717, 1.165) is 16.6 Å². The summed E-state index contributed by atoms with van der Waals surface area (Å²) in [4.78, 5) is 34.2. The first-order valence-electron chi connectivity index (χ1n) is 12.2. The molecule has 2 N–H and O–H groups in total. The summed E-state index contributed by atoms with van der Waals surface area (Å²) in [7, 11) is -3.45. The van der Waals surface area contributed by atoms with Gasteiger partial charge in [-0.1, -0.05) is 43.7 Å². The highest BCUT2D eigenvalue weighted by molar-refractivity contribution is 7.93. The number of hydrogen-bond donors (Lipinski definition) is 2. The molecule has 9 nitrogen and oxygen atoms in total. The van der Waals surface area contributed by atoms with E-state index in [0.29, 0.717) is 30.9 Å². The first-order chi connectivity index (χ1) is 17.6. The van der Waals surface area contributed by atoms with Crippen molar-refractivity contribution in [3.8, 4) is 0 Å². The number of halogens is 1. The van der Waals surface area contributed by atoms with Gasteiger partial charge in [0.25, 0.3) is 5.56 Å². The van der Waals surface area contributed by atoms with E-state index in [-0.39, 0.29) is 23.3 Å². The molecule has 0 aliphatic rings. The molecule has 4 rings (SSSR count). The Bertz CT molecular complexity index is 1640. The van der Waals surface area contributed by atoms with Crippen LogP contribution in [-0.4, -0.2) is 32.8 Å². The smallest absolute Gasteiger partial charge is 0.333 e. The van der Waals surface area contributed by atoms with E-state index >= 15 is 0 Å². The predicted octanol–water partition coefficient (Wildman–Crippen LogP) is 3.61. The first kappa shape index (κ1) is 26.3. The van der Waals surface area contributed by atoms with Gasteiger partial charge in [-0.25, -0.2) is 22.6 Å². The number of rotatable bonds is 10. The molecule has 0 bridgehead atoms. The number of nitrogens with zero attached hydrogens (tertiary/aromatic N) is 3. The van der Waals surface area contributed by atoms with Crippen molar-refractivity contribution >= 4 is 26.9 Å². The van der Waals surface area contributed by atoms with Crippen LogP contribution in [-0.2, 0) is 29.5 Å². The van der Waals surface area contributed by atoms with Gasteiger partial charge in [0, 0.05) is 24.2 Å². The van der Waals surface area contributed by atoms with Gasteiger partial charge >= 0.3 is 5.69 Å². The Hall–Kier alpha value is -3.73. The van der Waals surface area contributed by atoms with E-state index < -0.39 is 32.3 Å². The van der Waals surface area contributed by atoms with Crippen LogP contribution in [0.4, 0.5) is 10.1 Å². The molecule has 0 amide bonds. The number of sulfonamides is 1. The fourth-order valence-corrected chi connectivity index (χ4v) is 4.62. The van der Waals surface area contributed by atoms with Gasteiger partial charge < -0.3 is 4.98 Å². The Labute approximate surface area is 214 Å². The molecule has 2 aromatic carbocycles. The third-order valence-electron chi connectivity index (χ3n) is 6.14. The number of nitrogens with one attached hydrogen (secondary N) is 2. The number of benzene rings is 2. The molecule has 0 saturated carbocycles. The number of fused-ring (bicyclic) bond motifs is 1. The molecule has 2 heterocycles. The van der Waals surface area contributed by atoms with E-state index in [1.165, 1.54) is 10.6 Å². The summed E-state index contributed by atoms with van der Waals surface area (Å²) in [5.74, 6) is -0.00524. The molecule has 0 radical (unpaired) electrons. The van der Waals surface area contributed by atoms with E-state index in [1.54, 1.807) is 56.3 Å². The highest BCUT2D eigenvalue weighted by atomic mass is 32.2. The molecular formula is C26H30FN5O4S. The molecule has 0 saturated heterocycles. The zero-order valence-corrected chi connectivity index (χ0v) is 21.8. The normalized spacial score (nSPS) is 11.9. The lowest BCUT2D eigenvalue weighted by Gasteiger charge is -2.11. The molecule has 37 heavy (non-hydrogen) atoms. The number of unbranched alkanes of at least 4 members (excludes halogenated alkanes) is 1. The Morgan fingerprint density at radius 3 is 2.41 bits per heavy atom. The van der Waals surface area contributed by atoms with Crippen LogP contribution in [0.15, 0.2) is 58.1 Å². The van der Waals surface area contributed by atoms with Crippen molar-refractivity contribution < 1.29 is 12.8 Å². The van der Waals surface area contributed by atoms with Crippen molar-refractivity contribution in [1.82, 2.24) is 19.1 Å². The second-order valence-electron chi connectivity index (χ2n) is 9.22. The minimum Gasteiger partial charge on any atom is -0.336 e. The molecule has 196 valence electrons. The third-order valence-corrected chi connectivity index (χ3v) is 7.90. The van der Waals surface area contributed by atoms with Crippen molar-refractivity contribution in [2.45, 2.75) is 58.4 Å². The molecule has 4 aromatic rings. The Morgan fingerprint density at radius 1 is 1.05 bits per heavy atom. The maximum atomic E-state index is 14.3. The molecule has 0 atom stereocenters. The van der Waals surface area contributed by atoms with E-state index in [2.05, 4.69) is 14.7 Å². The monoisotopic (exact) mass is 527 g/mol. The minimum atomic E-state index is -3.45. The lowest BCUT2D eigenvalue weighted by Crippen LogP contribution is -2.40. The van der Waals surface area contributed by atoms with Crippen molar-refractivity contribution in [3.63, 3.8) is 0 Å². The number of aromatic nitrogens is 4. The highest BCUT2D eigenvalue weighted by Gasteiger charge is 2.19. The van der Waals surface area contributed by atoms with Crippen LogP contribution in [0, 0.1) is 5.82 Å². The summed E-state index contributed by atoms with van der Waals surface area (Å²) in [5.41, 5.74) is 0.887. The standard InChI is InChI=1S/C26H30FN5O4S/c1-4-5-14-31-24-23(25(33)32(26(31)34)16-19-8-6-7-9-21(19)27)28-22(29-24)15-18-10-12-20(13-11-18)30-37(35,36)17(2)3/h6-13,17,30H,4-5,14-16H2,1-3H3,(H,28,29). The molecular weight excluding hydrogens is 497 g/mol. The van der Waals surface area contributed by atoms with Gasteiger partial charge in [0.05, 0.1) is 11.8 Å². The zero-order valence-electron chi connectivity index (χ0n) is 21.0. The maximum absolute atomic E-state index is 14.3. The Kier molecular flexibility index (Phi) is 7.63. The van der Waals surface area contributed by atoms with Crippen molar-refractivity contribution in [1.29, 1.82) is 0 Å². The number of hydrogen-bond acceptors (Lipinski definition) is 5. The minimum absolute atomic E-state index is 0.184. The van der Waals surface area contributed by atoms with Gasteiger partial charge in [0.15, 0.2) is 5.65 Å². The quantitative estimate of drug-likeness (QED) is 0.327. The highest BCUT2D eigenvalue weighted by Crippen LogP contribution is 2.17. The van der Waals surface area contributed by atoms with Gasteiger partial charge in [-0.2, -0.15) is 0 Å².